The maximum Gasteiger partial charge on any atom is 0.244 e. The van der Waals surface area contributed by atoms with Gasteiger partial charge < -0.3 is 15.4 Å². The summed E-state index contributed by atoms with van der Waals surface area (Å²) in [4.78, 5) is 21.6. The SMILES string of the molecule is CCc1ncc(NC2CC(Nc3cccc(Cl)c3OC)C3C(=O)N(C)NC3N2)nc1C#N. The molecule has 0 bridgehead atoms. The van der Waals surface area contributed by atoms with Crippen molar-refractivity contribution in [2.45, 2.75) is 38.1 Å². The number of hydrazine groups is 1. The van der Waals surface area contributed by atoms with E-state index < -0.39 is 0 Å². The van der Waals surface area contributed by atoms with Crippen LogP contribution in [0.25, 0.3) is 0 Å². The van der Waals surface area contributed by atoms with E-state index in [9.17, 15) is 10.1 Å². The number of nitrogens with one attached hydrogen (secondary N) is 4. The van der Waals surface area contributed by atoms with Gasteiger partial charge in [-0.05, 0) is 18.6 Å². The van der Waals surface area contributed by atoms with Gasteiger partial charge in [0, 0.05) is 19.5 Å². The molecule has 3 heterocycles. The van der Waals surface area contributed by atoms with Gasteiger partial charge in [-0.1, -0.05) is 24.6 Å². The third-order valence-corrected chi connectivity index (χ3v) is 6.03. The van der Waals surface area contributed by atoms with Crippen molar-refractivity contribution in [3.8, 4) is 11.8 Å². The van der Waals surface area contributed by atoms with E-state index in [2.05, 4.69) is 37.4 Å². The highest BCUT2D eigenvalue weighted by Gasteiger charge is 2.48. The van der Waals surface area contributed by atoms with Gasteiger partial charge in [0.1, 0.15) is 11.9 Å². The molecular weight excluding hydrogens is 432 g/mol. The van der Waals surface area contributed by atoms with E-state index in [1.165, 1.54) is 5.01 Å². The zero-order chi connectivity index (χ0) is 22.8. The van der Waals surface area contributed by atoms with Crippen molar-refractivity contribution in [1.29, 1.82) is 5.26 Å². The van der Waals surface area contributed by atoms with E-state index in [0.29, 0.717) is 46.5 Å². The Balaban J connectivity index is 1.59. The molecule has 168 valence electrons. The molecule has 2 saturated heterocycles. The number of hydrogen-bond acceptors (Lipinski definition) is 9. The van der Waals surface area contributed by atoms with Crippen molar-refractivity contribution in [2.24, 2.45) is 5.92 Å². The molecule has 2 fully saturated rings. The summed E-state index contributed by atoms with van der Waals surface area (Å²) in [7, 11) is 3.26. The summed E-state index contributed by atoms with van der Waals surface area (Å²) in [6, 6.07) is 7.32. The number of para-hydroxylation sites is 1. The van der Waals surface area contributed by atoms with Gasteiger partial charge in [-0.3, -0.25) is 20.1 Å². The summed E-state index contributed by atoms with van der Waals surface area (Å²) in [5, 5.41) is 21.5. The van der Waals surface area contributed by atoms with Crippen molar-refractivity contribution in [3.63, 3.8) is 0 Å². The lowest BCUT2D eigenvalue weighted by Gasteiger charge is -2.39. The van der Waals surface area contributed by atoms with Crippen molar-refractivity contribution >= 4 is 29.0 Å². The van der Waals surface area contributed by atoms with Crippen LogP contribution in [0.5, 0.6) is 5.75 Å². The number of aryl methyl sites for hydroxylation is 1. The predicted octanol–water partition coefficient (Wildman–Crippen LogP) is 1.70. The number of aromatic nitrogens is 2. The van der Waals surface area contributed by atoms with E-state index in [0.717, 1.165) is 0 Å². The number of nitrogens with zero attached hydrogens (tertiary/aromatic N) is 4. The maximum absolute atomic E-state index is 12.8. The minimum atomic E-state index is -0.343. The molecule has 4 rings (SSSR count). The van der Waals surface area contributed by atoms with Crippen molar-refractivity contribution in [3.05, 3.63) is 40.8 Å². The highest BCUT2D eigenvalue weighted by atomic mass is 35.5. The van der Waals surface area contributed by atoms with Gasteiger partial charge in [0.15, 0.2) is 11.4 Å². The molecule has 32 heavy (non-hydrogen) atoms. The second-order valence-electron chi connectivity index (χ2n) is 7.72. The zero-order valence-corrected chi connectivity index (χ0v) is 18.8. The fourth-order valence-corrected chi connectivity index (χ4v) is 4.49. The van der Waals surface area contributed by atoms with E-state index in [1.54, 1.807) is 26.4 Å². The molecule has 1 amide bonds. The number of fused-ring (bicyclic) bond motifs is 1. The summed E-state index contributed by atoms with van der Waals surface area (Å²) in [6.07, 6.45) is 2.28. The first-order chi connectivity index (χ1) is 15.4. The summed E-state index contributed by atoms with van der Waals surface area (Å²) in [6.45, 7) is 1.93. The number of hydrogen-bond donors (Lipinski definition) is 4. The van der Waals surface area contributed by atoms with Crippen LogP contribution < -0.4 is 26.1 Å². The van der Waals surface area contributed by atoms with Gasteiger partial charge in [0.25, 0.3) is 0 Å². The molecule has 2 aliphatic rings. The van der Waals surface area contributed by atoms with Crippen LogP contribution in [0.4, 0.5) is 11.5 Å². The molecule has 4 unspecified atom stereocenters. The Morgan fingerprint density at radius 2 is 2.22 bits per heavy atom. The van der Waals surface area contributed by atoms with Crippen LogP contribution >= 0.6 is 11.6 Å². The molecule has 4 atom stereocenters. The first-order valence-corrected chi connectivity index (χ1v) is 10.7. The van der Waals surface area contributed by atoms with Crippen LogP contribution in [0.3, 0.4) is 0 Å². The highest BCUT2D eigenvalue weighted by Crippen LogP contribution is 2.36. The minimum absolute atomic E-state index is 0.0155. The fraction of sp³-hybridized carbons (Fsp3) is 0.429. The average molecular weight is 457 g/mol. The summed E-state index contributed by atoms with van der Waals surface area (Å²) < 4.78 is 5.46. The number of ether oxygens (including phenoxy) is 1. The van der Waals surface area contributed by atoms with E-state index >= 15 is 0 Å². The average Bonchev–Trinajstić information content (AvgIpc) is 3.07. The number of carbonyl (C=O) groups is 1. The Kier molecular flexibility index (Phi) is 6.32. The number of amides is 1. The van der Waals surface area contributed by atoms with E-state index in [1.807, 2.05) is 19.1 Å². The van der Waals surface area contributed by atoms with Gasteiger partial charge in [-0.15, -0.1) is 0 Å². The molecular formula is C21H25ClN8O2. The van der Waals surface area contributed by atoms with Gasteiger partial charge in [-0.2, -0.15) is 5.26 Å². The van der Waals surface area contributed by atoms with Gasteiger partial charge in [-0.25, -0.2) is 10.4 Å². The number of methoxy groups -OCH3 is 1. The summed E-state index contributed by atoms with van der Waals surface area (Å²) in [5.41, 5.74) is 4.84. The van der Waals surface area contributed by atoms with Crippen LogP contribution in [-0.4, -0.2) is 53.4 Å². The first-order valence-electron chi connectivity index (χ1n) is 10.4. The second-order valence-corrected chi connectivity index (χ2v) is 8.12. The molecule has 4 N–H and O–H groups in total. The smallest absolute Gasteiger partial charge is 0.244 e. The molecule has 11 heteroatoms. The Morgan fingerprint density at radius 1 is 1.41 bits per heavy atom. The van der Waals surface area contributed by atoms with Crippen LogP contribution in [0.15, 0.2) is 24.4 Å². The molecule has 0 aliphatic carbocycles. The van der Waals surface area contributed by atoms with Crippen molar-refractivity contribution < 1.29 is 9.53 Å². The lowest BCUT2D eigenvalue weighted by Crippen LogP contribution is -2.60. The van der Waals surface area contributed by atoms with Crippen LogP contribution in [0, 0.1) is 17.2 Å². The van der Waals surface area contributed by atoms with E-state index in [-0.39, 0.29) is 30.2 Å². The van der Waals surface area contributed by atoms with Crippen molar-refractivity contribution in [1.82, 2.24) is 25.7 Å². The molecule has 2 aromatic rings. The van der Waals surface area contributed by atoms with Crippen LogP contribution in [-0.2, 0) is 11.2 Å². The third kappa shape index (κ3) is 4.14. The minimum Gasteiger partial charge on any atom is -0.493 e. The Morgan fingerprint density at radius 3 is 2.94 bits per heavy atom. The number of anilines is 2. The fourth-order valence-electron chi connectivity index (χ4n) is 4.24. The lowest BCUT2D eigenvalue weighted by atomic mass is 9.88. The van der Waals surface area contributed by atoms with Crippen molar-refractivity contribution in [2.75, 3.05) is 24.8 Å². The van der Waals surface area contributed by atoms with Crippen LogP contribution in [0.2, 0.25) is 5.02 Å². The normalized spacial score (nSPS) is 24.6. The maximum atomic E-state index is 12.8. The quantitative estimate of drug-likeness (QED) is 0.513. The molecule has 0 saturated carbocycles. The van der Waals surface area contributed by atoms with Gasteiger partial charge in [0.05, 0.1) is 48.0 Å². The molecule has 2 aliphatic heterocycles. The Labute approximate surface area is 191 Å². The van der Waals surface area contributed by atoms with Gasteiger partial charge in [0.2, 0.25) is 5.91 Å². The topological polar surface area (TPSA) is 127 Å². The number of benzene rings is 1. The van der Waals surface area contributed by atoms with E-state index in [4.69, 9.17) is 16.3 Å². The molecule has 10 nitrogen and oxygen atoms in total. The first kappa shape index (κ1) is 22.1. The Bertz CT molecular complexity index is 1060. The van der Waals surface area contributed by atoms with Crippen LogP contribution in [0.1, 0.15) is 24.7 Å². The third-order valence-electron chi connectivity index (χ3n) is 5.73. The number of carbonyl (C=O) groups excluding carboxylic acids is 1. The standard InChI is InChI=1S/C21H25ClN8O2/c1-4-12-15(9-23)26-17(10-24-12)27-16-8-14(18-20(28-16)29-30(2)21(18)31)25-13-7-5-6-11(22)19(13)32-3/h5-7,10,14,16,18,20,25,28-29H,4,8H2,1-3H3,(H,26,27). The summed E-state index contributed by atoms with van der Waals surface area (Å²) >= 11 is 6.28. The molecule has 0 spiro atoms. The molecule has 1 aromatic heterocycles. The monoisotopic (exact) mass is 456 g/mol. The highest BCUT2D eigenvalue weighted by molar-refractivity contribution is 6.32. The molecule has 0 radical (unpaired) electrons. The second kappa shape index (κ2) is 9.16. The number of halogens is 1. The number of rotatable bonds is 6. The molecule has 1 aromatic carbocycles. The van der Waals surface area contributed by atoms with Gasteiger partial charge >= 0.3 is 0 Å². The zero-order valence-electron chi connectivity index (χ0n) is 18.0. The predicted molar refractivity (Wildman–Crippen MR) is 120 cm³/mol. The summed E-state index contributed by atoms with van der Waals surface area (Å²) in [5.74, 6) is 0.662. The largest absolute Gasteiger partial charge is 0.493 e. The lowest BCUT2D eigenvalue weighted by molar-refractivity contribution is -0.131. The number of nitriles is 1. The Hall–Kier alpha value is -3.13. The number of piperidine rings is 1.